The highest BCUT2D eigenvalue weighted by atomic mass is 16.6. The van der Waals surface area contributed by atoms with Crippen molar-refractivity contribution in [2.45, 2.75) is 38.7 Å². The van der Waals surface area contributed by atoms with Crippen LogP contribution in [0.2, 0.25) is 0 Å². The zero-order valence-corrected chi connectivity index (χ0v) is 14.8. The van der Waals surface area contributed by atoms with Crippen molar-refractivity contribution in [2.24, 2.45) is 0 Å². The third-order valence-corrected chi connectivity index (χ3v) is 3.55. The van der Waals surface area contributed by atoms with Crippen LogP contribution in [0, 0.1) is 0 Å². The van der Waals surface area contributed by atoms with E-state index < -0.39 is 24.2 Å². The molecule has 0 aliphatic carbocycles. The van der Waals surface area contributed by atoms with Crippen molar-refractivity contribution in [1.29, 1.82) is 0 Å². The van der Waals surface area contributed by atoms with Gasteiger partial charge in [0.2, 0.25) is 0 Å². The van der Waals surface area contributed by atoms with E-state index in [4.69, 9.17) is 9.47 Å². The third kappa shape index (κ3) is 5.89. The smallest absolute Gasteiger partial charge is 0.408 e. The van der Waals surface area contributed by atoms with E-state index in [1.54, 1.807) is 44.2 Å². The minimum absolute atomic E-state index is 0.0840. The maximum Gasteiger partial charge on any atom is 0.408 e. The van der Waals surface area contributed by atoms with Crippen LogP contribution in [0.15, 0.2) is 60.7 Å². The number of hydrogen-bond acceptors (Lipinski definition) is 5. The van der Waals surface area contributed by atoms with Crippen LogP contribution in [-0.4, -0.2) is 29.4 Å². The van der Waals surface area contributed by atoms with Gasteiger partial charge in [-0.1, -0.05) is 60.7 Å². The number of benzene rings is 2. The zero-order chi connectivity index (χ0) is 18.9. The highest BCUT2D eigenvalue weighted by Gasteiger charge is 2.31. The quantitative estimate of drug-likeness (QED) is 0.744. The van der Waals surface area contributed by atoms with Crippen LogP contribution < -0.4 is 5.32 Å². The zero-order valence-electron chi connectivity index (χ0n) is 14.8. The molecule has 138 valence electrons. The summed E-state index contributed by atoms with van der Waals surface area (Å²) in [6.45, 7) is 3.45. The van der Waals surface area contributed by atoms with Crippen LogP contribution in [0.3, 0.4) is 0 Å². The lowest BCUT2D eigenvalue weighted by Crippen LogP contribution is -2.41. The van der Waals surface area contributed by atoms with Crippen molar-refractivity contribution in [1.82, 2.24) is 5.32 Å². The molecule has 2 aromatic carbocycles. The van der Waals surface area contributed by atoms with Gasteiger partial charge < -0.3 is 19.9 Å². The average Bonchev–Trinajstić information content (AvgIpc) is 2.65. The van der Waals surface area contributed by atoms with Gasteiger partial charge in [0.25, 0.3) is 0 Å². The predicted molar refractivity (Wildman–Crippen MR) is 96.2 cm³/mol. The van der Waals surface area contributed by atoms with Gasteiger partial charge in [0.1, 0.15) is 6.61 Å². The van der Waals surface area contributed by atoms with Gasteiger partial charge >= 0.3 is 12.1 Å². The molecule has 6 heteroatoms. The van der Waals surface area contributed by atoms with E-state index in [1.165, 1.54) is 0 Å². The molecule has 1 amide bonds. The lowest BCUT2D eigenvalue weighted by atomic mass is 10.0. The van der Waals surface area contributed by atoms with Gasteiger partial charge in [0.15, 0.2) is 6.10 Å². The van der Waals surface area contributed by atoms with Gasteiger partial charge in [-0.3, -0.25) is 0 Å². The van der Waals surface area contributed by atoms with Crippen LogP contribution in [0.4, 0.5) is 4.79 Å². The van der Waals surface area contributed by atoms with Gasteiger partial charge in [-0.05, 0) is 25.0 Å². The number of amides is 1. The number of rotatable bonds is 7. The van der Waals surface area contributed by atoms with Crippen molar-refractivity contribution in [3.05, 3.63) is 71.8 Å². The van der Waals surface area contributed by atoms with E-state index in [9.17, 15) is 14.7 Å². The molecule has 0 aliphatic rings. The number of esters is 1. The Labute approximate surface area is 152 Å². The van der Waals surface area contributed by atoms with E-state index >= 15 is 0 Å². The monoisotopic (exact) mass is 357 g/mol. The first-order chi connectivity index (χ1) is 12.5. The molecule has 0 radical (unpaired) electrons. The molecule has 0 spiro atoms. The Morgan fingerprint density at radius 3 is 2.15 bits per heavy atom. The van der Waals surface area contributed by atoms with Crippen LogP contribution in [0.5, 0.6) is 0 Å². The highest BCUT2D eigenvalue weighted by molar-refractivity contribution is 5.77. The lowest BCUT2D eigenvalue weighted by molar-refractivity contribution is -0.159. The average molecular weight is 357 g/mol. The van der Waals surface area contributed by atoms with Gasteiger partial charge in [-0.15, -0.1) is 0 Å². The van der Waals surface area contributed by atoms with E-state index in [0.29, 0.717) is 5.56 Å². The van der Waals surface area contributed by atoms with Crippen molar-refractivity contribution >= 4 is 12.1 Å². The van der Waals surface area contributed by atoms with E-state index in [-0.39, 0.29) is 12.7 Å². The molecule has 26 heavy (non-hydrogen) atoms. The second-order valence-corrected chi connectivity index (χ2v) is 6.02. The van der Waals surface area contributed by atoms with Crippen molar-refractivity contribution in [2.75, 3.05) is 0 Å². The van der Waals surface area contributed by atoms with Gasteiger partial charge in [0, 0.05) is 0 Å². The highest BCUT2D eigenvalue weighted by Crippen LogP contribution is 2.19. The summed E-state index contributed by atoms with van der Waals surface area (Å²) >= 11 is 0. The molecule has 2 atom stereocenters. The molecule has 0 saturated heterocycles. The van der Waals surface area contributed by atoms with E-state index in [0.717, 1.165) is 5.56 Å². The van der Waals surface area contributed by atoms with Crippen LogP contribution >= 0.6 is 0 Å². The Bertz CT molecular complexity index is 703. The summed E-state index contributed by atoms with van der Waals surface area (Å²) in [5.41, 5.74) is 1.40. The summed E-state index contributed by atoms with van der Waals surface area (Å²) < 4.78 is 10.2. The minimum Gasteiger partial charge on any atom is -0.461 e. The number of aliphatic hydroxyl groups is 1. The van der Waals surface area contributed by atoms with Crippen molar-refractivity contribution in [3.63, 3.8) is 0 Å². The third-order valence-electron chi connectivity index (χ3n) is 3.55. The fourth-order valence-corrected chi connectivity index (χ4v) is 2.33. The fraction of sp³-hybridized carbons (Fsp3) is 0.300. The first-order valence-electron chi connectivity index (χ1n) is 8.38. The lowest BCUT2D eigenvalue weighted by Gasteiger charge is -2.24. The van der Waals surface area contributed by atoms with Crippen molar-refractivity contribution < 1.29 is 24.2 Å². The Morgan fingerprint density at radius 1 is 1.00 bits per heavy atom. The molecule has 0 saturated carbocycles. The summed E-state index contributed by atoms with van der Waals surface area (Å²) in [4.78, 5) is 24.2. The normalized spacial score (nSPS) is 12.9. The van der Waals surface area contributed by atoms with Crippen LogP contribution in [0.25, 0.3) is 0 Å². The number of hydrogen-bond donors (Lipinski definition) is 2. The Kier molecular flexibility index (Phi) is 7.17. The fourth-order valence-electron chi connectivity index (χ4n) is 2.33. The number of ether oxygens (including phenoxy) is 2. The van der Waals surface area contributed by atoms with Gasteiger partial charge in [0.05, 0.1) is 12.1 Å². The molecular weight excluding hydrogens is 334 g/mol. The topological polar surface area (TPSA) is 84.9 Å². The molecule has 2 rings (SSSR count). The molecule has 0 aromatic heterocycles. The molecule has 0 unspecified atom stereocenters. The maximum absolute atomic E-state index is 12.2. The molecule has 0 heterocycles. The molecule has 2 N–H and O–H groups in total. The molecular formula is C20H23NO5. The summed E-state index contributed by atoms with van der Waals surface area (Å²) in [6.07, 6.45) is -2.67. The predicted octanol–water partition coefficient (Wildman–Crippen LogP) is 2.97. The summed E-state index contributed by atoms with van der Waals surface area (Å²) in [5, 5.41) is 12.9. The Hall–Kier alpha value is -2.86. The standard InChI is InChI=1S/C20H23NO5/c1-14(2)26-19(23)18(22)17(16-11-7-4-8-12-16)21-20(24)25-13-15-9-5-3-6-10-15/h3-12,14,17-18,22H,13H2,1-2H3,(H,21,24)/t17-,18-/m1/s1. The largest absolute Gasteiger partial charge is 0.461 e. The Balaban J connectivity index is 2.06. The first kappa shape index (κ1) is 19.5. The summed E-state index contributed by atoms with van der Waals surface area (Å²) in [7, 11) is 0. The second kappa shape index (κ2) is 9.58. The molecule has 6 nitrogen and oxygen atoms in total. The molecule has 2 aromatic rings. The number of carbonyl (C=O) groups is 2. The second-order valence-electron chi connectivity index (χ2n) is 6.02. The molecule has 0 fully saturated rings. The van der Waals surface area contributed by atoms with Gasteiger partial charge in [-0.2, -0.15) is 0 Å². The summed E-state index contributed by atoms with van der Waals surface area (Å²) in [6, 6.07) is 16.9. The SMILES string of the molecule is CC(C)OC(=O)[C@H](O)[C@H](NC(=O)OCc1ccccc1)c1ccccc1. The molecule has 0 bridgehead atoms. The van der Waals surface area contributed by atoms with Crippen molar-refractivity contribution in [3.8, 4) is 0 Å². The first-order valence-corrected chi connectivity index (χ1v) is 8.38. The number of carbonyl (C=O) groups excluding carboxylic acids is 2. The van der Waals surface area contributed by atoms with E-state index in [2.05, 4.69) is 5.32 Å². The number of aliphatic hydroxyl groups excluding tert-OH is 1. The van der Waals surface area contributed by atoms with Gasteiger partial charge in [-0.25, -0.2) is 9.59 Å². The number of nitrogens with one attached hydrogen (secondary N) is 1. The number of alkyl carbamates (subject to hydrolysis) is 1. The minimum atomic E-state index is -1.55. The molecule has 0 aliphatic heterocycles. The summed E-state index contributed by atoms with van der Waals surface area (Å²) in [5.74, 6) is -0.808. The van der Waals surface area contributed by atoms with Crippen LogP contribution in [-0.2, 0) is 20.9 Å². The Morgan fingerprint density at radius 2 is 1.58 bits per heavy atom. The van der Waals surface area contributed by atoms with E-state index in [1.807, 2.05) is 30.3 Å². The van der Waals surface area contributed by atoms with Crippen LogP contribution in [0.1, 0.15) is 31.0 Å². The maximum atomic E-state index is 12.2.